The van der Waals surface area contributed by atoms with Crippen LogP contribution in [0, 0.1) is 6.92 Å². The summed E-state index contributed by atoms with van der Waals surface area (Å²) in [5.74, 6) is -1.51. The van der Waals surface area contributed by atoms with Crippen molar-refractivity contribution in [1.82, 2.24) is 25.4 Å². The number of benzene rings is 1. The largest absolute Gasteiger partial charge is 0.435 e. The number of hydrogen-bond acceptors (Lipinski definition) is 5. The SMILES string of the molecule is COCCNC(=O)C1=Cc2cc(C)ccc2C(Br)C1NC(=O)c1cc(C(F)(F)F)nn1-c1ncccc1Cl. The first-order valence-electron chi connectivity index (χ1n) is 11.3. The molecule has 2 amide bonds. The van der Waals surface area contributed by atoms with Crippen molar-refractivity contribution in [1.29, 1.82) is 0 Å². The molecular weight excluding hydrogens is 591 g/mol. The number of ether oxygens (including phenoxy) is 1. The summed E-state index contributed by atoms with van der Waals surface area (Å²) < 4.78 is 46.4. The molecule has 13 heteroatoms. The first-order chi connectivity index (χ1) is 18.0. The Labute approximate surface area is 229 Å². The topological polar surface area (TPSA) is 98.1 Å². The molecule has 0 fully saturated rings. The minimum atomic E-state index is -4.83. The zero-order valence-electron chi connectivity index (χ0n) is 20.1. The zero-order valence-corrected chi connectivity index (χ0v) is 22.5. The van der Waals surface area contributed by atoms with E-state index in [1.54, 1.807) is 6.08 Å². The van der Waals surface area contributed by atoms with Crippen LogP contribution >= 0.6 is 27.5 Å². The van der Waals surface area contributed by atoms with E-state index in [2.05, 4.69) is 36.6 Å². The Morgan fingerprint density at radius 2 is 1.97 bits per heavy atom. The van der Waals surface area contributed by atoms with Gasteiger partial charge in [-0.25, -0.2) is 9.67 Å². The molecule has 3 aromatic rings. The van der Waals surface area contributed by atoms with E-state index in [9.17, 15) is 22.8 Å². The maximum absolute atomic E-state index is 13.6. The second-order valence-electron chi connectivity index (χ2n) is 8.47. The van der Waals surface area contributed by atoms with Crippen molar-refractivity contribution in [3.63, 3.8) is 0 Å². The van der Waals surface area contributed by atoms with Crippen LogP contribution in [0.2, 0.25) is 5.02 Å². The summed E-state index contributed by atoms with van der Waals surface area (Å²) in [7, 11) is 1.49. The van der Waals surface area contributed by atoms with Crippen LogP contribution in [-0.4, -0.2) is 52.9 Å². The third-order valence-corrected chi connectivity index (χ3v) is 7.11. The summed E-state index contributed by atoms with van der Waals surface area (Å²) in [6, 6.07) is 8.24. The Kier molecular flexibility index (Phi) is 8.24. The summed E-state index contributed by atoms with van der Waals surface area (Å²) in [5.41, 5.74) is 1.01. The van der Waals surface area contributed by atoms with Crippen molar-refractivity contribution in [2.45, 2.75) is 24.0 Å². The van der Waals surface area contributed by atoms with Gasteiger partial charge in [0.15, 0.2) is 11.5 Å². The first-order valence-corrected chi connectivity index (χ1v) is 12.6. The third kappa shape index (κ3) is 5.77. The van der Waals surface area contributed by atoms with Gasteiger partial charge in [-0.1, -0.05) is 51.3 Å². The Hall–Kier alpha value is -3.22. The predicted octanol–water partition coefficient (Wildman–Crippen LogP) is 4.64. The van der Waals surface area contributed by atoms with E-state index in [0.717, 1.165) is 21.4 Å². The van der Waals surface area contributed by atoms with Gasteiger partial charge in [0.2, 0.25) is 5.91 Å². The molecule has 8 nitrogen and oxygen atoms in total. The number of carbonyl (C=O) groups excluding carboxylic acids is 2. The minimum Gasteiger partial charge on any atom is -0.383 e. The highest BCUT2D eigenvalue weighted by molar-refractivity contribution is 9.09. The van der Waals surface area contributed by atoms with Crippen molar-refractivity contribution in [2.24, 2.45) is 0 Å². The molecule has 4 rings (SSSR count). The van der Waals surface area contributed by atoms with Gasteiger partial charge >= 0.3 is 6.18 Å². The molecule has 200 valence electrons. The highest BCUT2D eigenvalue weighted by Gasteiger charge is 2.39. The second kappa shape index (κ2) is 11.3. The van der Waals surface area contributed by atoms with Gasteiger partial charge in [0, 0.05) is 31.5 Å². The third-order valence-electron chi connectivity index (χ3n) is 5.79. The second-order valence-corrected chi connectivity index (χ2v) is 9.86. The number of alkyl halides is 4. The highest BCUT2D eigenvalue weighted by Crippen LogP contribution is 2.39. The van der Waals surface area contributed by atoms with E-state index >= 15 is 0 Å². The summed E-state index contributed by atoms with van der Waals surface area (Å²) in [4.78, 5) is 30.0. The monoisotopic (exact) mass is 611 g/mol. The van der Waals surface area contributed by atoms with E-state index in [0.29, 0.717) is 6.07 Å². The number of fused-ring (bicyclic) bond motifs is 1. The molecule has 2 atom stereocenters. The van der Waals surface area contributed by atoms with Crippen LogP contribution in [-0.2, 0) is 15.7 Å². The number of nitrogens with one attached hydrogen (secondary N) is 2. The molecule has 0 aliphatic heterocycles. The molecule has 2 N–H and O–H groups in total. The van der Waals surface area contributed by atoms with Crippen molar-refractivity contribution in [3.05, 3.63) is 81.3 Å². The van der Waals surface area contributed by atoms with Gasteiger partial charge in [0.25, 0.3) is 5.91 Å². The molecule has 0 spiro atoms. The van der Waals surface area contributed by atoms with Gasteiger partial charge in [-0.3, -0.25) is 9.59 Å². The number of halogens is 5. The van der Waals surface area contributed by atoms with Crippen molar-refractivity contribution >= 4 is 45.4 Å². The number of rotatable bonds is 7. The minimum absolute atomic E-state index is 0.00295. The van der Waals surface area contributed by atoms with E-state index in [1.807, 2.05) is 25.1 Å². The van der Waals surface area contributed by atoms with Gasteiger partial charge in [0.1, 0.15) is 5.69 Å². The summed E-state index contributed by atoms with van der Waals surface area (Å²) in [6.07, 6.45) is -1.85. The summed E-state index contributed by atoms with van der Waals surface area (Å²) >= 11 is 9.74. The number of hydrogen-bond donors (Lipinski definition) is 2. The van der Waals surface area contributed by atoms with Crippen molar-refractivity contribution in [2.75, 3.05) is 20.3 Å². The Morgan fingerprint density at radius 3 is 2.66 bits per heavy atom. The van der Waals surface area contributed by atoms with Gasteiger partial charge in [-0.05, 0) is 36.3 Å². The average Bonchev–Trinajstić information content (AvgIpc) is 3.32. The number of carbonyl (C=O) groups is 2. The summed E-state index contributed by atoms with van der Waals surface area (Å²) in [5, 5.41) is 9.00. The number of methoxy groups -OCH3 is 1. The van der Waals surface area contributed by atoms with Crippen molar-refractivity contribution in [3.8, 4) is 5.82 Å². The van der Waals surface area contributed by atoms with Gasteiger partial charge in [-0.2, -0.15) is 18.3 Å². The lowest BCUT2D eigenvalue weighted by Crippen LogP contribution is -2.45. The standard InChI is InChI=1S/C25H22BrClF3N5O3/c1-13-5-6-15-14(10-13)11-16(23(36)32-8-9-38-2)21(20(15)26)33-24(37)18-12-19(25(28,29)30)34-35(18)22-17(27)4-3-7-31-22/h3-7,10-12,20-21H,8-9H2,1-2H3,(H,32,36)(H,33,37). The lowest BCUT2D eigenvalue weighted by atomic mass is 9.86. The fourth-order valence-corrected chi connectivity index (χ4v) is 5.02. The average molecular weight is 613 g/mol. The van der Waals surface area contributed by atoms with Crippen LogP contribution in [0.25, 0.3) is 11.9 Å². The van der Waals surface area contributed by atoms with Gasteiger partial charge in [-0.15, -0.1) is 0 Å². The number of aryl methyl sites for hydroxylation is 1. The molecule has 1 aliphatic carbocycles. The highest BCUT2D eigenvalue weighted by atomic mass is 79.9. The fourth-order valence-electron chi connectivity index (χ4n) is 3.98. The molecule has 1 aliphatic rings. The zero-order chi connectivity index (χ0) is 27.6. The van der Waals surface area contributed by atoms with Crippen molar-refractivity contribution < 1.29 is 27.5 Å². The van der Waals surface area contributed by atoms with E-state index in [4.69, 9.17) is 16.3 Å². The van der Waals surface area contributed by atoms with Crippen LogP contribution in [0.3, 0.4) is 0 Å². The number of pyridine rings is 1. The van der Waals surface area contributed by atoms with E-state index in [-0.39, 0.29) is 29.6 Å². The molecule has 2 unspecified atom stereocenters. The van der Waals surface area contributed by atoms with Crippen LogP contribution in [0.4, 0.5) is 13.2 Å². The Balaban J connectivity index is 1.74. The normalized spacial score (nSPS) is 17.0. The molecule has 38 heavy (non-hydrogen) atoms. The molecule has 2 aromatic heterocycles. The fraction of sp³-hybridized carbons (Fsp3) is 0.280. The maximum Gasteiger partial charge on any atom is 0.435 e. The van der Waals surface area contributed by atoms with E-state index < -0.39 is 40.2 Å². The van der Waals surface area contributed by atoms with Gasteiger partial charge in [0.05, 0.1) is 22.5 Å². The van der Waals surface area contributed by atoms with Crippen LogP contribution in [0.5, 0.6) is 0 Å². The molecular formula is C25H22BrClF3N5O3. The summed E-state index contributed by atoms with van der Waals surface area (Å²) in [6.45, 7) is 2.40. The molecule has 0 bridgehead atoms. The van der Waals surface area contributed by atoms with Crippen LogP contribution < -0.4 is 10.6 Å². The van der Waals surface area contributed by atoms with E-state index in [1.165, 1.54) is 25.4 Å². The molecule has 1 aromatic carbocycles. The number of aromatic nitrogens is 3. The van der Waals surface area contributed by atoms with Crippen LogP contribution in [0.15, 0.2) is 48.2 Å². The Bertz CT molecular complexity index is 1410. The molecule has 0 saturated carbocycles. The molecule has 0 radical (unpaired) electrons. The predicted molar refractivity (Wildman–Crippen MR) is 138 cm³/mol. The van der Waals surface area contributed by atoms with Gasteiger partial charge < -0.3 is 15.4 Å². The maximum atomic E-state index is 13.6. The Morgan fingerprint density at radius 1 is 1.21 bits per heavy atom. The van der Waals surface area contributed by atoms with Crippen LogP contribution in [0.1, 0.15) is 37.7 Å². The first kappa shape index (κ1) is 27.8. The smallest absolute Gasteiger partial charge is 0.383 e. The molecule has 0 saturated heterocycles. The lowest BCUT2D eigenvalue weighted by molar-refractivity contribution is -0.141. The number of amides is 2. The number of nitrogens with zero attached hydrogens (tertiary/aromatic N) is 3. The molecule has 2 heterocycles. The lowest BCUT2D eigenvalue weighted by Gasteiger charge is -2.31. The quantitative estimate of drug-likeness (QED) is 0.299.